The van der Waals surface area contributed by atoms with Crippen molar-refractivity contribution in [3.05, 3.63) is 48.7 Å². The van der Waals surface area contributed by atoms with Crippen LogP contribution in [0, 0.1) is 0 Å². The van der Waals surface area contributed by atoms with Crippen molar-refractivity contribution >= 4 is 26.8 Å². The first-order valence-electron chi connectivity index (χ1n) is 5.84. The number of fused-ring (bicyclic) bond motifs is 1. The van der Waals surface area contributed by atoms with E-state index in [9.17, 15) is 8.42 Å². The molecule has 0 unspecified atom stereocenters. The Bertz CT molecular complexity index is 810. The van der Waals surface area contributed by atoms with E-state index in [2.05, 4.69) is 10.2 Å². The molecular weight excluding hydrogens is 278 g/mol. The Balaban J connectivity index is 2.07. The molecule has 0 saturated carbocycles. The summed E-state index contributed by atoms with van der Waals surface area (Å²) >= 11 is 0. The second-order valence-corrected chi connectivity index (χ2v) is 6.06. The highest BCUT2D eigenvalue weighted by molar-refractivity contribution is 7.92. The number of benzene rings is 1. The topological polar surface area (TPSA) is 76.3 Å². The summed E-state index contributed by atoms with van der Waals surface area (Å²) in [7, 11) is -2.38. The lowest BCUT2D eigenvalue weighted by molar-refractivity contribution is 0.481. The molecule has 2 aromatic heterocycles. The van der Waals surface area contributed by atoms with Crippen LogP contribution in [0.4, 0.5) is 5.82 Å². The Labute approximate surface area is 115 Å². The van der Waals surface area contributed by atoms with Gasteiger partial charge in [-0.2, -0.15) is 13.5 Å². The lowest BCUT2D eigenvalue weighted by Crippen LogP contribution is -2.27. The third kappa shape index (κ3) is 2.01. The maximum absolute atomic E-state index is 12.5. The zero-order valence-corrected chi connectivity index (χ0v) is 11.4. The zero-order chi connectivity index (χ0) is 14.2. The summed E-state index contributed by atoms with van der Waals surface area (Å²) in [5, 5.41) is 8.06. The van der Waals surface area contributed by atoms with Crippen molar-refractivity contribution in [1.82, 2.24) is 10.2 Å². The summed E-state index contributed by atoms with van der Waals surface area (Å²) in [6, 6.07) is 11.8. The number of hydrogen-bond acceptors (Lipinski definition) is 5. The van der Waals surface area contributed by atoms with E-state index in [1.807, 2.05) is 6.07 Å². The van der Waals surface area contributed by atoms with E-state index in [1.165, 1.54) is 19.3 Å². The molecule has 2 heterocycles. The van der Waals surface area contributed by atoms with Crippen LogP contribution in [0.2, 0.25) is 0 Å². The summed E-state index contributed by atoms with van der Waals surface area (Å²) in [6.07, 6.45) is 1.48. The highest BCUT2D eigenvalue weighted by Crippen LogP contribution is 2.26. The van der Waals surface area contributed by atoms with Gasteiger partial charge < -0.3 is 4.42 Å². The molecule has 0 radical (unpaired) electrons. The molecule has 0 aliphatic rings. The number of sulfonamides is 1. The molecule has 3 aromatic rings. The number of furan rings is 1. The number of para-hydroxylation sites is 1. The minimum atomic E-state index is -3.79. The van der Waals surface area contributed by atoms with Gasteiger partial charge in [-0.25, -0.2) is 4.31 Å². The van der Waals surface area contributed by atoms with Crippen LogP contribution in [0.25, 0.3) is 11.0 Å². The Kier molecular flexibility index (Phi) is 2.90. The first-order valence-corrected chi connectivity index (χ1v) is 7.28. The number of aromatic nitrogens is 2. The van der Waals surface area contributed by atoms with E-state index < -0.39 is 10.0 Å². The molecular formula is C13H11N3O3S. The van der Waals surface area contributed by atoms with E-state index in [1.54, 1.807) is 30.3 Å². The quantitative estimate of drug-likeness (QED) is 0.737. The molecule has 0 amide bonds. The van der Waals surface area contributed by atoms with Gasteiger partial charge in [0.1, 0.15) is 5.58 Å². The van der Waals surface area contributed by atoms with E-state index in [-0.39, 0.29) is 10.9 Å². The molecule has 0 aliphatic carbocycles. The van der Waals surface area contributed by atoms with Gasteiger partial charge in [-0.05, 0) is 18.2 Å². The lowest BCUT2D eigenvalue weighted by atomic mass is 10.3. The average molecular weight is 289 g/mol. The molecule has 6 nitrogen and oxygen atoms in total. The van der Waals surface area contributed by atoms with Gasteiger partial charge in [0, 0.05) is 24.7 Å². The predicted octanol–water partition coefficient (Wildman–Crippen LogP) is 2.05. The second kappa shape index (κ2) is 4.61. The van der Waals surface area contributed by atoms with Gasteiger partial charge in [0.05, 0.1) is 0 Å². The maximum Gasteiger partial charge on any atom is 0.298 e. The number of nitrogens with zero attached hydrogens (tertiary/aromatic N) is 3. The molecule has 0 atom stereocenters. The maximum atomic E-state index is 12.5. The first-order chi connectivity index (χ1) is 9.59. The van der Waals surface area contributed by atoms with E-state index in [0.29, 0.717) is 5.58 Å². The Morgan fingerprint density at radius 2 is 1.95 bits per heavy atom. The zero-order valence-electron chi connectivity index (χ0n) is 10.6. The highest BCUT2D eigenvalue weighted by atomic mass is 32.2. The van der Waals surface area contributed by atoms with E-state index in [4.69, 9.17) is 4.42 Å². The van der Waals surface area contributed by atoms with Crippen LogP contribution in [0.3, 0.4) is 0 Å². The van der Waals surface area contributed by atoms with Crippen molar-refractivity contribution in [2.24, 2.45) is 0 Å². The SMILES string of the molecule is CN(c1cccnn1)S(=O)(=O)c1cc2ccccc2o1. The first kappa shape index (κ1) is 12.6. The molecule has 7 heteroatoms. The molecule has 1 aromatic carbocycles. The third-order valence-corrected chi connectivity index (χ3v) is 4.52. The van der Waals surface area contributed by atoms with Gasteiger partial charge in [0.2, 0.25) is 5.09 Å². The van der Waals surface area contributed by atoms with Crippen molar-refractivity contribution in [3.8, 4) is 0 Å². The van der Waals surface area contributed by atoms with Crippen molar-refractivity contribution in [2.45, 2.75) is 5.09 Å². The smallest absolute Gasteiger partial charge is 0.298 e. The van der Waals surface area contributed by atoms with Crippen LogP contribution >= 0.6 is 0 Å². The molecule has 0 N–H and O–H groups in total. The fourth-order valence-corrected chi connectivity index (χ4v) is 2.89. The lowest BCUT2D eigenvalue weighted by Gasteiger charge is -2.15. The van der Waals surface area contributed by atoms with Crippen LogP contribution in [0.5, 0.6) is 0 Å². The van der Waals surface area contributed by atoms with Gasteiger partial charge in [-0.1, -0.05) is 18.2 Å². The Morgan fingerprint density at radius 1 is 1.15 bits per heavy atom. The summed E-state index contributed by atoms with van der Waals surface area (Å²) in [5.74, 6) is 0.230. The van der Waals surface area contributed by atoms with Crippen LogP contribution in [-0.2, 0) is 10.0 Å². The molecule has 20 heavy (non-hydrogen) atoms. The van der Waals surface area contributed by atoms with Crippen LogP contribution < -0.4 is 4.31 Å². The van der Waals surface area contributed by atoms with Gasteiger partial charge >= 0.3 is 0 Å². The molecule has 0 bridgehead atoms. The molecule has 0 saturated heterocycles. The predicted molar refractivity (Wildman–Crippen MR) is 73.8 cm³/mol. The number of anilines is 1. The normalized spacial score (nSPS) is 11.7. The summed E-state index contributed by atoms with van der Waals surface area (Å²) < 4.78 is 31.4. The molecule has 3 rings (SSSR count). The third-order valence-electron chi connectivity index (χ3n) is 2.90. The van der Waals surface area contributed by atoms with Crippen molar-refractivity contribution in [2.75, 3.05) is 11.4 Å². The van der Waals surface area contributed by atoms with Crippen molar-refractivity contribution in [3.63, 3.8) is 0 Å². The monoisotopic (exact) mass is 289 g/mol. The molecule has 102 valence electrons. The van der Waals surface area contributed by atoms with Gasteiger partial charge in [0.25, 0.3) is 10.0 Å². The second-order valence-electron chi connectivity index (χ2n) is 4.16. The number of hydrogen-bond donors (Lipinski definition) is 0. The summed E-state index contributed by atoms with van der Waals surface area (Å²) in [6.45, 7) is 0. The van der Waals surface area contributed by atoms with Gasteiger partial charge in [-0.3, -0.25) is 0 Å². The molecule has 0 fully saturated rings. The van der Waals surface area contributed by atoms with Gasteiger partial charge in [-0.15, -0.1) is 5.10 Å². The van der Waals surface area contributed by atoms with Crippen LogP contribution in [-0.4, -0.2) is 25.7 Å². The van der Waals surface area contributed by atoms with E-state index >= 15 is 0 Å². The van der Waals surface area contributed by atoms with Crippen LogP contribution in [0.1, 0.15) is 0 Å². The largest absolute Gasteiger partial charge is 0.443 e. The fraction of sp³-hybridized carbons (Fsp3) is 0.0769. The van der Waals surface area contributed by atoms with Crippen molar-refractivity contribution in [1.29, 1.82) is 0 Å². The van der Waals surface area contributed by atoms with Gasteiger partial charge in [0.15, 0.2) is 5.82 Å². The minimum Gasteiger partial charge on any atom is -0.443 e. The minimum absolute atomic E-state index is 0.119. The Hall–Kier alpha value is -2.41. The number of rotatable bonds is 3. The summed E-state index contributed by atoms with van der Waals surface area (Å²) in [5.41, 5.74) is 0.527. The van der Waals surface area contributed by atoms with E-state index in [0.717, 1.165) is 9.69 Å². The molecule has 0 aliphatic heterocycles. The fourth-order valence-electron chi connectivity index (χ4n) is 1.80. The average Bonchev–Trinajstić information content (AvgIpc) is 2.92. The standard InChI is InChI=1S/C13H11N3O3S/c1-16(12-7-4-8-14-15-12)20(17,18)13-9-10-5-2-3-6-11(10)19-13/h2-9H,1H3. The summed E-state index contributed by atoms with van der Waals surface area (Å²) in [4.78, 5) is 0. The van der Waals surface area contributed by atoms with Crippen molar-refractivity contribution < 1.29 is 12.8 Å². The van der Waals surface area contributed by atoms with Crippen LogP contribution in [0.15, 0.2) is 58.2 Å². The highest BCUT2D eigenvalue weighted by Gasteiger charge is 2.26. The Morgan fingerprint density at radius 3 is 2.65 bits per heavy atom. The molecule has 0 spiro atoms.